The summed E-state index contributed by atoms with van der Waals surface area (Å²) in [4.78, 5) is 0. The Morgan fingerprint density at radius 2 is 1.88 bits per heavy atom. The highest BCUT2D eigenvalue weighted by molar-refractivity contribution is 5.58. The fourth-order valence-corrected chi connectivity index (χ4v) is 2.70. The van der Waals surface area contributed by atoms with Crippen molar-refractivity contribution < 1.29 is 4.74 Å². The molecule has 2 atom stereocenters. The lowest BCUT2D eigenvalue weighted by Gasteiger charge is -2.23. The highest BCUT2D eigenvalue weighted by atomic mass is 16.5. The monoisotopic (exact) mass is 233 g/mol. The van der Waals surface area contributed by atoms with Crippen molar-refractivity contribution in [3.8, 4) is 0 Å². The summed E-state index contributed by atoms with van der Waals surface area (Å²) in [5.41, 5.74) is 5.32. The molecule has 0 amide bonds. The fourth-order valence-electron chi connectivity index (χ4n) is 2.70. The number of nitrogens with one attached hydrogen (secondary N) is 1. The Kier molecular flexibility index (Phi) is 3.72. The SMILES string of the molecule is Cc1cc(C)c(NC(C)C2CCOC2)c(C)c1. The molecule has 1 heterocycles. The van der Waals surface area contributed by atoms with Crippen LogP contribution in [0.1, 0.15) is 30.0 Å². The van der Waals surface area contributed by atoms with Gasteiger partial charge in [0.1, 0.15) is 0 Å². The molecular formula is C15H23NO. The van der Waals surface area contributed by atoms with Crippen LogP contribution in [0.4, 0.5) is 5.69 Å². The van der Waals surface area contributed by atoms with E-state index in [2.05, 4.69) is 45.1 Å². The van der Waals surface area contributed by atoms with Gasteiger partial charge in [0.2, 0.25) is 0 Å². The molecule has 0 spiro atoms. The highest BCUT2D eigenvalue weighted by Gasteiger charge is 2.22. The second-order valence-corrected chi connectivity index (χ2v) is 5.33. The van der Waals surface area contributed by atoms with E-state index in [1.807, 2.05) is 0 Å². The minimum absolute atomic E-state index is 0.484. The van der Waals surface area contributed by atoms with Crippen LogP contribution >= 0.6 is 0 Å². The summed E-state index contributed by atoms with van der Waals surface area (Å²) in [6, 6.07) is 4.97. The first kappa shape index (κ1) is 12.4. The summed E-state index contributed by atoms with van der Waals surface area (Å²) in [6.07, 6.45) is 1.18. The lowest BCUT2D eigenvalue weighted by atomic mass is 9.98. The molecule has 1 aliphatic rings. The summed E-state index contributed by atoms with van der Waals surface area (Å²) in [5, 5.41) is 3.67. The number of ether oxygens (including phenoxy) is 1. The van der Waals surface area contributed by atoms with Crippen molar-refractivity contribution >= 4 is 5.69 Å². The van der Waals surface area contributed by atoms with Crippen LogP contribution in [-0.2, 0) is 4.74 Å². The second-order valence-electron chi connectivity index (χ2n) is 5.33. The molecule has 2 unspecified atom stereocenters. The molecule has 1 aromatic rings. The molecule has 1 fully saturated rings. The first-order valence-electron chi connectivity index (χ1n) is 6.50. The summed E-state index contributed by atoms with van der Waals surface area (Å²) in [6.45, 7) is 10.6. The van der Waals surface area contributed by atoms with Crippen LogP contribution < -0.4 is 5.32 Å². The van der Waals surface area contributed by atoms with Gasteiger partial charge < -0.3 is 10.1 Å². The van der Waals surface area contributed by atoms with Gasteiger partial charge in [-0.25, -0.2) is 0 Å². The van der Waals surface area contributed by atoms with E-state index in [-0.39, 0.29) is 0 Å². The molecule has 94 valence electrons. The normalized spacial score (nSPS) is 21.5. The standard InChI is InChI=1S/C15H23NO/c1-10-7-11(2)15(12(3)8-10)16-13(4)14-5-6-17-9-14/h7-8,13-14,16H,5-6,9H2,1-4H3. The summed E-state index contributed by atoms with van der Waals surface area (Å²) >= 11 is 0. The van der Waals surface area contributed by atoms with E-state index in [9.17, 15) is 0 Å². The third-order valence-corrected chi connectivity index (χ3v) is 3.72. The van der Waals surface area contributed by atoms with Gasteiger partial charge in [-0.15, -0.1) is 0 Å². The van der Waals surface area contributed by atoms with E-state index in [0.717, 1.165) is 13.2 Å². The van der Waals surface area contributed by atoms with E-state index < -0.39 is 0 Å². The zero-order valence-electron chi connectivity index (χ0n) is 11.3. The molecule has 1 aliphatic heterocycles. The Balaban J connectivity index is 2.12. The smallest absolute Gasteiger partial charge is 0.0514 e. The summed E-state index contributed by atoms with van der Waals surface area (Å²) < 4.78 is 5.46. The molecule has 1 saturated heterocycles. The Labute approximate surface area is 104 Å². The minimum atomic E-state index is 0.484. The van der Waals surface area contributed by atoms with Crippen LogP contribution in [0.5, 0.6) is 0 Å². The van der Waals surface area contributed by atoms with E-state index >= 15 is 0 Å². The van der Waals surface area contributed by atoms with Crippen LogP contribution in [0.25, 0.3) is 0 Å². The Morgan fingerprint density at radius 3 is 2.41 bits per heavy atom. The average molecular weight is 233 g/mol. The Hall–Kier alpha value is -1.02. The zero-order valence-corrected chi connectivity index (χ0v) is 11.3. The van der Waals surface area contributed by atoms with Gasteiger partial charge in [-0.3, -0.25) is 0 Å². The second kappa shape index (κ2) is 5.09. The van der Waals surface area contributed by atoms with Crippen molar-refractivity contribution in [3.05, 3.63) is 28.8 Å². The number of hydrogen-bond donors (Lipinski definition) is 1. The van der Waals surface area contributed by atoms with E-state index in [4.69, 9.17) is 4.74 Å². The highest BCUT2D eigenvalue weighted by Crippen LogP contribution is 2.26. The molecular weight excluding hydrogens is 210 g/mol. The van der Waals surface area contributed by atoms with Gasteiger partial charge in [-0.2, -0.15) is 0 Å². The molecule has 1 N–H and O–H groups in total. The van der Waals surface area contributed by atoms with Crippen molar-refractivity contribution in [2.45, 2.75) is 40.2 Å². The predicted molar refractivity (Wildman–Crippen MR) is 72.7 cm³/mol. The third-order valence-electron chi connectivity index (χ3n) is 3.72. The summed E-state index contributed by atoms with van der Waals surface area (Å²) in [5.74, 6) is 0.648. The van der Waals surface area contributed by atoms with E-state index in [0.29, 0.717) is 12.0 Å². The molecule has 0 bridgehead atoms. The third kappa shape index (κ3) is 2.81. The Bertz CT molecular complexity index is 371. The van der Waals surface area contributed by atoms with Gasteiger partial charge in [0.15, 0.2) is 0 Å². The van der Waals surface area contributed by atoms with Crippen molar-refractivity contribution in [2.24, 2.45) is 5.92 Å². The predicted octanol–water partition coefficient (Wildman–Crippen LogP) is 3.45. The van der Waals surface area contributed by atoms with E-state index in [1.165, 1.54) is 28.8 Å². The van der Waals surface area contributed by atoms with Crippen molar-refractivity contribution in [1.29, 1.82) is 0 Å². The van der Waals surface area contributed by atoms with Crippen LogP contribution in [0.15, 0.2) is 12.1 Å². The first-order valence-corrected chi connectivity index (χ1v) is 6.50. The minimum Gasteiger partial charge on any atom is -0.382 e. The molecule has 0 radical (unpaired) electrons. The molecule has 2 heteroatoms. The van der Waals surface area contributed by atoms with Crippen LogP contribution in [0.3, 0.4) is 0 Å². The maximum Gasteiger partial charge on any atom is 0.0514 e. The maximum atomic E-state index is 5.46. The number of hydrogen-bond acceptors (Lipinski definition) is 2. The molecule has 1 aromatic carbocycles. The topological polar surface area (TPSA) is 21.3 Å². The number of anilines is 1. The quantitative estimate of drug-likeness (QED) is 0.863. The number of aryl methyl sites for hydroxylation is 3. The molecule has 0 saturated carbocycles. The number of rotatable bonds is 3. The lowest BCUT2D eigenvalue weighted by molar-refractivity contribution is 0.183. The molecule has 17 heavy (non-hydrogen) atoms. The average Bonchev–Trinajstić information content (AvgIpc) is 2.76. The molecule has 0 aromatic heterocycles. The van der Waals surface area contributed by atoms with Gasteiger partial charge in [0, 0.05) is 24.3 Å². The lowest BCUT2D eigenvalue weighted by Crippen LogP contribution is -2.26. The number of benzene rings is 1. The first-order chi connectivity index (χ1) is 8.08. The maximum absolute atomic E-state index is 5.46. The fraction of sp³-hybridized carbons (Fsp3) is 0.600. The van der Waals surface area contributed by atoms with Crippen LogP contribution in [-0.4, -0.2) is 19.3 Å². The van der Waals surface area contributed by atoms with Crippen molar-refractivity contribution in [1.82, 2.24) is 0 Å². The zero-order chi connectivity index (χ0) is 12.4. The van der Waals surface area contributed by atoms with Gasteiger partial charge in [0.25, 0.3) is 0 Å². The van der Waals surface area contributed by atoms with Crippen molar-refractivity contribution in [2.75, 3.05) is 18.5 Å². The van der Waals surface area contributed by atoms with Crippen LogP contribution in [0.2, 0.25) is 0 Å². The van der Waals surface area contributed by atoms with Crippen LogP contribution in [0, 0.1) is 26.7 Å². The van der Waals surface area contributed by atoms with Crippen molar-refractivity contribution in [3.63, 3.8) is 0 Å². The van der Waals surface area contributed by atoms with E-state index in [1.54, 1.807) is 0 Å². The largest absolute Gasteiger partial charge is 0.382 e. The molecule has 2 nitrogen and oxygen atoms in total. The van der Waals surface area contributed by atoms with Gasteiger partial charge in [0.05, 0.1) is 6.61 Å². The van der Waals surface area contributed by atoms with Gasteiger partial charge in [-0.05, 0) is 45.2 Å². The summed E-state index contributed by atoms with van der Waals surface area (Å²) in [7, 11) is 0. The van der Waals surface area contributed by atoms with Gasteiger partial charge in [-0.1, -0.05) is 17.7 Å². The van der Waals surface area contributed by atoms with Gasteiger partial charge >= 0.3 is 0 Å². The molecule has 2 rings (SSSR count). The molecule has 0 aliphatic carbocycles. The Morgan fingerprint density at radius 1 is 1.24 bits per heavy atom.